The van der Waals surface area contributed by atoms with E-state index in [9.17, 15) is 0 Å². The Morgan fingerprint density at radius 3 is 2.72 bits per heavy atom. The molecule has 2 rings (SSSR count). The van der Waals surface area contributed by atoms with E-state index in [4.69, 9.17) is 10.5 Å². The van der Waals surface area contributed by atoms with Gasteiger partial charge >= 0.3 is 0 Å². The predicted molar refractivity (Wildman–Crippen MR) is 76.0 cm³/mol. The Balaban J connectivity index is 2.07. The Labute approximate surface area is 111 Å². The minimum atomic E-state index is 0.316. The Kier molecular flexibility index (Phi) is 4.65. The lowest BCUT2D eigenvalue weighted by Gasteiger charge is -2.30. The molecule has 2 atom stereocenters. The summed E-state index contributed by atoms with van der Waals surface area (Å²) in [5.41, 5.74) is 7.74. The molecule has 0 spiro atoms. The van der Waals surface area contributed by atoms with Gasteiger partial charge in [0.2, 0.25) is 0 Å². The van der Waals surface area contributed by atoms with Crippen LogP contribution in [0.25, 0.3) is 0 Å². The van der Waals surface area contributed by atoms with Crippen LogP contribution < -0.4 is 10.5 Å². The van der Waals surface area contributed by atoms with Gasteiger partial charge in [0.25, 0.3) is 0 Å². The lowest BCUT2D eigenvalue weighted by atomic mass is 9.82. The summed E-state index contributed by atoms with van der Waals surface area (Å²) in [4.78, 5) is 0. The van der Waals surface area contributed by atoms with Gasteiger partial charge in [-0.05, 0) is 36.3 Å². The van der Waals surface area contributed by atoms with Crippen LogP contribution in [0.3, 0.4) is 0 Å². The second kappa shape index (κ2) is 6.24. The molecule has 0 aromatic heterocycles. The largest absolute Gasteiger partial charge is 0.493 e. The molecule has 2 heteroatoms. The van der Waals surface area contributed by atoms with E-state index in [-0.39, 0.29) is 0 Å². The van der Waals surface area contributed by atoms with Crippen LogP contribution in [0.15, 0.2) is 24.3 Å². The van der Waals surface area contributed by atoms with Gasteiger partial charge in [0.15, 0.2) is 0 Å². The number of ether oxygens (including phenoxy) is 1. The molecule has 1 aliphatic rings. The Hall–Kier alpha value is -1.02. The smallest absolute Gasteiger partial charge is 0.122 e. The molecule has 0 radical (unpaired) electrons. The van der Waals surface area contributed by atoms with Crippen molar-refractivity contribution in [2.45, 2.75) is 51.5 Å². The van der Waals surface area contributed by atoms with Crippen molar-refractivity contribution in [3.63, 3.8) is 0 Å². The summed E-state index contributed by atoms with van der Waals surface area (Å²) in [6, 6.07) is 8.73. The third kappa shape index (κ3) is 2.86. The summed E-state index contributed by atoms with van der Waals surface area (Å²) in [6.07, 6.45) is 4.56. The molecule has 2 N–H and O–H groups in total. The molecular formula is C16H25NO. The van der Waals surface area contributed by atoms with E-state index < -0.39 is 0 Å². The minimum Gasteiger partial charge on any atom is -0.493 e. The quantitative estimate of drug-likeness (QED) is 0.861. The molecule has 0 fully saturated rings. The molecule has 1 heterocycles. The van der Waals surface area contributed by atoms with Gasteiger partial charge in [0.05, 0.1) is 6.61 Å². The number of hydrogen-bond acceptors (Lipinski definition) is 2. The molecule has 2 nitrogen and oxygen atoms in total. The Morgan fingerprint density at radius 2 is 2.00 bits per heavy atom. The number of rotatable bonds is 5. The van der Waals surface area contributed by atoms with E-state index in [0.29, 0.717) is 17.9 Å². The second-order valence-corrected chi connectivity index (χ2v) is 5.35. The van der Waals surface area contributed by atoms with Crippen molar-refractivity contribution >= 4 is 0 Å². The molecule has 1 aromatic rings. The maximum Gasteiger partial charge on any atom is 0.122 e. The fourth-order valence-corrected chi connectivity index (χ4v) is 3.08. The first-order valence-electron chi connectivity index (χ1n) is 7.23. The topological polar surface area (TPSA) is 35.2 Å². The standard InChI is InChI=1S/C16H25NO/c1-3-12(4-2)15(17)11-13-9-10-18-16-8-6-5-7-14(13)16/h5-8,12-13,15H,3-4,9-11,17H2,1-2H3. The first-order valence-corrected chi connectivity index (χ1v) is 7.23. The van der Waals surface area contributed by atoms with Gasteiger partial charge in [-0.15, -0.1) is 0 Å². The summed E-state index contributed by atoms with van der Waals surface area (Å²) >= 11 is 0. The Bertz CT molecular complexity index is 373. The van der Waals surface area contributed by atoms with E-state index in [0.717, 1.165) is 25.2 Å². The van der Waals surface area contributed by atoms with Gasteiger partial charge in [-0.2, -0.15) is 0 Å². The van der Waals surface area contributed by atoms with Gasteiger partial charge in [-0.25, -0.2) is 0 Å². The van der Waals surface area contributed by atoms with E-state index in [1.54, 1.807) is 0 Å². The molecule has 1 aliphatic heterocycles. The zero-order valence-electron chi connectivity index (χ0n) is 11.6. The van der Waals surface area contributed by atoms with Crippen LogP contribution in [-0.4, -0.2) is 12.6 Å². The summed E-state index contributed by atoms with van der Waals surface area (Å²) in [7, 11) is 0. The third-order valence-electron chi connectivity index (χ3n) is 4.29. The molecule has 0 aliphatic carbocycles. The molecule has 0 bridgehead atoms. The van der Waals surface area contributed by atoms with Gasteiger partial charge in [-0.3, -0.25) is 0 Å². The molecule has 2 unspecified atom stereocenters. The van der Waals surface area contributed by atoms with Gasteiger partial charge in [0, 0.05) is 6.04 Å². The first kappa shape index (κ1) is 13.4. The van der Waals surface area contributed by atoms with Crippen molar-refractivity contribution in [2.24, 2.45) is 11.7 Å². The number of hydrogen-bond donors (Lipinski definition) is 1. The van der Waals surface area contributed by atoms with E-state index in [1.165, 1.54) is 18.4 Å². The number of benzene rings is 1. The highest BCUT2D eigenvalue weighted by Crippen LogP contribution is 2.37. The fourth-order valence-electron chi connectivity index (χ4n) is 3.08. The maximum atomic E-state index is 6.39. The van der Waals surface area contributed by atoms with Crippen LogP contribution in [0.4, 0.5) is 0 Å². The monoisotopic (exact) mass is 247 g/mol. The van der Waals surface area contributed by atoms with Crippen LogP contribution >= 0.6 is 0 Å². The van der Waals surface area contributed by atoms with Crippen molar-refractivity contribution in [3.05, 3.63) is 29.8 Å². The highest BCUT2D eigenvalue weighted by molar-refractivity contribution is 5.37. The summed E-state index contributed by atoms with van der Waals surface area (Å²) in [5, 5.41) is 0. The maximum absolute atomic E-state index is 6.39. The summed E-state index contributed by atoms with van der Waals surface area (Å²) in [5.74, 6) is 2.29. The minimum absolute atomic E-state index is 0.316. The SMILES string of the molecule is CCC(CC)C(N)CC1CCOc2ccccc21. The normalized spacial score (nSPS) is 20.3. The number of fused-ring (bicyclic) bond motifs is 1. The third-order valence-corrected chi connectivity index (χ3v) is 4.29. The number of para-hydroxylation sites is 1. The molecule has 0 saturated heterocycles. The van der Waals surface area contributed by atoms with Crippen LogP contribution in [-0.2, 0) is 0 Å². The molecular weight excluding hydrogens is 222 g/mol. The van der Waals surface area contributed by atoms with Crippen LogP contribution in [0, 0.1) is 5.92 Å². The molecule has 1 aromatic carbocycles. The molecule has 18 heavy (non-hydrogen) atoms. The van der Waals surface area contributed by atoms with Crippen LogP contribution in [0.5, 0.6) is 5.75 Å². The highest BCUT2D eigenvalue weighted by Gasteiger charge is 2.25. The second-order valence-electron chi connectivity index (χ2n) is 5.35. The number of nitrogens with two attached hydrogens (primary N) is 1. The predicted octanol–water partition coefficient (Wildman–Crippen LogP) is 3.71. The average Bonchev–Trinajstić information content (AvgIpc) is 2.40. The van der Waals surface area contributed by atoms with Gasteiger partial charge in [0.1, 0.15) is 5.75 Å². The zero-order valence-corrected chi connectivity index (χ0v) is 11.6. The average molecular weight is 247 g/mol. The summed E-state index contributed by atoms with van der Waals surface area (Å²) in [6.45, 7) is 5.31. The van der Waals surface area contributed by atoms with Crippen molar-refractivity contribution in [3.8, 4) is 5.75 Å². The van der Waals surface area contributed by atoms with Crippen molar-refractivity contribution in [1.82, 2.24) is 0 Å². The molecule has 100 valence electrons. The van der Waals surface area contributed by atoms with Gasteiger partial charge in [-0.1, -0.05) is 44.9 Å². The first-order chi connectivity index (χ1) is 8.76. The van der Waals surface area contributed by atoms with E-state index in [2.05, 4.69) is 32.0 Å². The van der Waals surface area contributed by atoms with E-state index >= 15 is 0 Å². The van der Waals surface area contributed by atoms with Crippen molar-refractivity contribution in [2.75, 3.05) is 6.61 Å². The van der Waals surface area contributed by atoms with Gasteiger partial charge < -0.3 is 10.5 Å². The summed E-state index contributed by atoms with van der Waals surface area (Å²) < 4.78 is 5.71. The van der Waals surface area contributed by atoms with Crippen LogP contribution in [0.2, 0.25) is 0 Å². The lowest BCUT2D eigenvalue weighted by Crippen LogP contribution is -2.32. The fraction of sp³-hybridized carbons (Fsp3) is 0.625. The Morgan fingerprint density at radius 1 is 1.28 bits per heavy atom. The van der Waals surface area contributed by atoms with Crippen molar-refractivity contribution in [1.29, 1.82) is 0 Å². The van der Waals surface area contributed by atoms with Crippen molar-refractivity contribution < 1.29 is 4.74 Å². The highest BCUT2D eigenvalue weighted by atomic mass is 16.5. The zero-order chi connectivity index (χ0) is 13.0. The molecule has 0 saturated carbocycles. The van der Waals surface area contributed by atoms with Crippen LogP contribution in [0.1, 0.15) is 51.0 Å². The molecule has 0 amide bonds. The lowest BCUT2D eigenvalue weighted by molar-refractivity contribution is 0.248. The van der Waals surface area contributed by atoms with E-state index in [1.807, 2.05) is 6.07 Å².